The molecule has 214 valence electrons. The maximum atomic E-state index is 10.5. The van der Waals surface area contributed by atoms with Crippen LogP contribution in [0.3, 0.4) is 0 Å². The number of pyridine rings is 1. The molecule has 0 aliphatic rings. The zero-order chi connectivity index (χ0) is 30.2. The smallest absolute Gasteiger partial charge is 0.231 e. The topological polar surface area (TPSA) is 72.3 Å². The number of aromatic nitrogens is 2. The summed E-state index contributed by atoms with van der Waals surface area (Å²) in [5, 5.41) is 13.7. The van der Waals surface area contributed by atoms with Gasteiger partial charge in [-0.3, -0.25) is 4.98 Å². The summed E-state index contributed by atoms with van der Waals surface area (Å²) in [6.45, 7) is 8.81. The first-order valence-electron chi connectivity index (χ1n) is 14.8. The number of hydrogen-bond donors (Lipinski definition) is 1. The van der Waals surface area contributed by atoms with Gasteiger partial charge in [0.05, 0.1) is 11.1 Å². The van der Waals surface area contributed by atoms with Crippen LogP contribution in [0.2, 0.25) is 0 Å². The first-order valence-corrected chi connectivity index (χ1v) is 14.8. The van der Waals surface area contributed by atoms with Gasteiger partial charge in [0, 0.05) is 33.5 Å². The average molecular weight is 575 g/mol. The fourth-order valence-electron chi connectivity index (χ4n) is 6.20. The summed E-state index contributed by atoms with van der Waals surface area (Å²) in [5.74, 6) is 0.523. The Kier molecular flexibility index (Phi) is 5.69. The van der Waals surface area contributed by atoms with Crippen LogP contribution in [0.5, 0.6) is 5.75 Å². The Morgan fingerprint density at radius 3 is 2.20 bits per heavy atom. The van der Waals surface area contributed by atoms with E-state index in [0.29, 0.717) is 17.0 Å². The molecule has 3 aromatic heterocycles. The predicted octanol–water partition coefficient (Wildman–Crippen LogP) is 10.6. The van der Waals surface area contributed by atoms with Gasteiger partial charge in [0.2, 0.25) is 5.89 Å². The lowest BCUT2D eigenvalue weighted by Crippen LogP contribution is -2.11. The number of phenols is 1. The van der Waals surface area contributed by atoms with Crippen molar-refractivity contribution in [2.24, 2.45) is 0 Å². The Morgan fingerprint density at radius 1 is 0.659 bits per heavy atom. The number of para-hydroxylation sites is 3. The fraction of sp³-hybridized carbons (Fsp3) is 0.128. The zero-order valence-corrected chi connectivity index (χ0v) is 25.0. The normalized spacial score (nSPS) is 12.2. The van der Waals surface area contributed by atoms with Crippen molar-refractivity contribution < 1.29 is 13.9 Å². The van der Waals surface area contributed by atoms with Crippen LogP contribution < -0.4 is 0 Å². The average Bonchev–Trinajstić information content (AvgIpc) is 3.62. The summed E-state index contributed by atoms with van der Waals surface area (Å²) in [5.41, 5.74) is 10.9. The molecule has 5 heteroatoms. The number of fused-ring (bicyclic) bond motifs is 6. The summed E-state index contributed by atoms with van der Waals surface area (Å²) in [6, 6.07) is 32.3. The van der Waals surface area contributed by atoms with E-state index in [-0.39, 0.29) is 11.2 Å². The molecule has 0 saturated carbocycles. The summed E-state index contributed by atoms with van der Waals surface area (Å²) >= 11 is 0. The maximum absolute atomic E-state index is 10.5. The van der Waals surface area contributed by atoms with E-state index in [9.17, 15) is 5.11 Å². The number of aromatic hydroxyl groups is 1. The van der Waals surface area contributed by atoms with Gasteiger partial charge in [0.25, 0.3) is 0 Å². The van der Waals surface area contributed by atoms with Gasteiger partial charge in [-0.2, -0.15) is 0 Å². The quantitative estimate of drug-likeness (QED) is 0.227. The fourth-order valence-corrected chi connectivity index (χ4v) is 6.20. The molecular weight excluding hydrogens is 544 g/mol. The van der Waals surface area contributed by atoms with Crippen molar-refractivity contribution in [3.05, 3.63) is 114 Å². The van der Waals surface area contributed by atoms with Gasteiger partial charge in [0.1, 0.15) is 22.4 Å². The minimum atomic E-state index is -0.116. The first kappa shape index (κ1) is 26.2. The Hall–Kier alpha value is -5.42. The van der Waals surface area contributed by atoms with Crippen LogP contribution in [0, 0.1) is 6.92 Å². The van der Waals surface area contributed by atoms with E-state index in [1.165, 1.54) is 5.56 Å². The molecular formula is C39H30N2O3. The molecule has 0 saturated heterocycles. The number of furan rings is 1. The Morgan fingerprint density at radius 2 is 1.39 bits per heavy atom. The molecule has 8 aromatic rings. The third kappa shape index (κ3) is 4.08. The van der Waals surface area contributed by atoms with Gasteiger partial charge in [-0.15, -0.1) is 0 Å². The van der Waals surface area contributed by atoms with E-state index in [0.717, 1.165) is 66.2 Å². The molecule has 0 unspecified atom stereocenters. The molecule has 0 bridgehead atoms. The van der Waals surface area contributed by atoms with Crippen molar-refractivity contribution in [3.8, 4) is 39.5 Å². The van der Waals surface area contributed by atoms with E-state index in [4.69, 9.17) is 18.8 Å². The number of rotatable bonds is 3. The summed E-state index contributed by atoms with van der Waals surface area (Å²) in [7, 11) is 0. The van der Waals surface area contributed by atoms with Gasteiger partial charge >= 0.3 is 0 Å². The second kappa shape index (κ2) is 9.55. The lowest BCUT2D eigenvalue weighted by molar-refractivity contribution is 0.474. The standard InChI is InChI=1S/C39H30N2O3/c1-22-16-17-40-36-29(21-30-27-10-6-8-14-32(27)43-37(30)34(22)36)24-18-23(19-25(20-24)39(2,3)4)26-12-9-15-33-35(26)41-38(44-33)28-11-5-7-13-31(28)42/h5-21,42H,1-4H3. The second-order valence-corrected chi connectivity index (χ2v) is 12.5. The lowest BCUT2D eigenvalue weighted by atomic mass is 9.82. The van der Waals surface area contributed by atoms with Gasteiger partial charge in [-0.05, 0) is 77.1 Å². The highest BCUT2D eigenvalue weighted by atomic mass is 16.4. The number of aryl methyl sites for hydroxylation is 1. The molecule has 5 nitrogen and oxygen atoms in total. The second-order valence-electron chi connectivity index (χ2n) is 12.5. The summed E-state index contributed by atoms with van der Waals surface area (Å²) in [4.78, 5) is 9.81. The van der Waals surface area contributed by atoms with Crippen molar-refractivity contribution in [1.82, 2.24) is 9.97 Å². The number of phenolic OH excluding ortho intramolecular Hbond substituents is 1. The van der Waals surface area contributed by atoms with Gasteiger partial charge in [-0.25, -0.2) is 4.98 Å². The summed E-state index contributed by atoms with van der Waals surface area (Å²) < 4.78 is 12.6. The Labute approximate surface area is 254 Å². The van der Waals surface area contributed by atoms with Crippen molar-refractivity contribution in [2.75, 3.05) is 0 Å². The van der Waals surface area contributed by atoms with E-state index < -0.39 is 0 Å². The van der Waals surface area contributed by atoms with Crippen LogP contribution in [-0.4, -0.2) is 15.1 Å². The number of hydrogen-bond acceptors (Lipinski definition) is 5. The molecule has 0 atom stereocenters. The molecule has 44 heavy (non-hydrogen) atoms. The summed E-state index contributed by atoms with van der Waals surface area (Å²) in [6.07, 6.45) is 1.88. The molecule has 3 heterocycles. The maximum Gasteiger partial charge on any atom is 0.231 e. The largest absolute Gasteiger partial charge is 0.507 e. The third-order valence-electron chi connectivity index (χ3n) is 8.54. The zero-order valence-electron chi connectivity index (χ0n) is 25.0. The highest BCUT2D eigenvalue weighted by Crippen LogP contribution is 2.43. The Bertz CT molecular complexity index is 2410. The molecule has 0 aliphatic heterocycles. The van der Waals surface area contributed by atoms with Crippen molar-refractivity contribution >= 4 is 43.9 Å². The van der Waals surface area contributed by atoms with Crippen molar-refractivity contribution in [2.45, 2.75) is 33.1 Å². The van der Waals surface area contributed by atoms with Crippen LogP contribution in [-0.2, 0) is 5.41 Å². The third-order valence-corrected chi connectivity index (χ3v) is 8.54. The predicted molar refractivity (Wildman–Crippen MR) is 178 cm³/mol. The minimum Gasteiger partial charge on any atom is -0.507 e. The highest BCUT2D eigenvalue weighted by molar-refractivity contribution is 6.19. The number of nitrogens with zero attached hydrogens (tertiary/aromatic N) is 2. The van der Waals surface area contributed by atoms with Crippen molar-refractivity contribution in [3.63, 3.8) is 0 Å². The molecule has 0 aliphatic carbocycles. The van der Waals surface area contributed by atoms with E-state index >= 15 is 0 Å². The van der Waals surface area contributed by atoms with Gasteiger partial charge in [0.15, 0.2) is 5.58 Å². The van der Waals surface area contributed by atoms with Crippen LogP contribution in [0.15, 0.2) is 112 Å². The molecule has 1 N–H and O–H groups in total. The van der Waals surface area contributed by atoms with Crippen LogP contribution in [0.4, 0.5) is 0 Å². The van der Waals surface area contributed by atoms with E-state index in [1.54, 1.807) is 12.1 Å². The van der Waals surface area contributed by atoms with Crippen LogP contribution in [0.1, 0.15) is 31.9 Å². The molecule has 0 amide bonds. The highest BCUT2D eigenvalue weighted by Gasteiger charge is 2.22. The molecule has 0 fully saturated rings. The number of benzene rings is 5. The molecule has 0 radical (unpaired) electrons. The van der Waals surface area contributed by atoms with E-state index in [1.807, 2.05) is 48.7 Å². The van der Waals surface area contributed by atoms with Gasteiger partial charge in [-0.1, -0.05) is 75.4 Å². The lowest BCUT2D eigenvalue weighted by Gasteiger charge is -2.22. The monoisotopic (exact) mass is 574 g/mol. The van der Waals surface area contributed by atoms with E-state index in [2.05, 4.69) is 70.2 Å². The van der Waals surface area contributed by atoms with Crippen LogP contribution in [0.25, 0.3) is 77.6 Å². The van der Waals surface area contributed by atoms with Gasteiger partial charge < -0.3 is 13.9 Å². The Balaban J connectivity index is 1.42. The molecule has 5 aromatic carbocycles. The van der Waals surface area contributed by atoms with Crippen LogP contribution >= 0.6 is 0 Å². The first-order chi connectivity index (χ1) is 21.3. The minimum absolute atomic E-state index is 0.116. The molecule has 0 spiro atoms. The number of oxazole rings is 1. The SMILES string of the molecule is Cc1ccnc2c(-c3cc(-c4cccc5oc(-c6ccccc6O)nc45)cc(C(C)(C)C)c3)cc3c4ccccc4oc3c12. The molecule has 8 rings (SSSR count). The van der Waals surface area contributed by atoms with Crippen molar-refractivity contribution in [1.29, 1.82) is 0 Å².